The Kier molecular flexibility index (Phi) is 2.24. The zero-order valence-electron chi connectivity index (χ0n) is 6.63. The second-order valence-electron chi connectivity index (χ2n) is 2.58. The maximum atomic E-state index is 10.8. The first kappa shape index (κ1) is 9.90. The van der Waals surface area contributed by atoms with E-state index in [4.69, 9.17) is 15.3 Å². The molecule has 0 aromatic rings. The smallest absolute Gasteiger partial charge is 0.357 e. The predicted molar refractivity (Wildman–Crippen MR) is 34.8 cm³/mol. The lowest BCUT2D eigenvalue weighted by Crippen LogP contribution is -2.55. The molecule has 0 spiro atoms. The molecule has 13 heavy (non-hydrogen) atoms. The third-order valence-electron chi connectivity index (χ3n) is 1.42. The summed E-state index contributed by atoms with van der Waals surface area (Å²) in [5.41, 5.74) is 0. The fourth-order valence-corrected chi connectivity index (χ4v) is 0.781. The summed E-state index contributed by atoms with van der Waals surface area (Å²) >= 11 is 0. The van der Waals surface area contributed by atoms with Crippen LogP contribution >= 0.6 is 0 Å². The van der Waals surface area contributed by atoms with Crippen LogP contribution in [0.25, 0.3) is 0 Å². The largest absolute Gasteiger partial charge is 0.448 e. The molecule has 0 aromatic carbocycles. The highest BCUT2D eigenvalue weighted by molar-refractivity contribution is 5.87. The number of esters is 2. The number of ether oxygens (including phenoxy) is 2. The number of aliphatic hydroxyl groups is 3. The quantitative estimate of drug-likeness (QED) is 0.310. The van der Waals surface area contributed by atoms with Crippen LogP contribution in [-0.4, -0.2) is 45.4 Å². The first-order valence-corrected chi connectivity index (χ1v) is 3.40. The lowest BCUT2D eigenvalue weighted by molar-refractivity contribution is -0.355. The molecule has 0 radical (unpaired) electrons. The highest BCUT2D eigenvalue weighted by Gasteiger charge is 2.48. The Morgan fingerprint density at radius 2 is 1.69 bits per heavy atom. The van der Waals surface area contributed by atoms with Gasteiger partial charge in [0.2, 0.25) is 0 Å². The Bertz CT molecular complexity index is 240. The van der Waals surface area contributed by atoms with Gasteiger partial charge < -0.3 is 24.8 Å². The maximum Gasteiger partial charge on any atom is 0.357 e. The third kappa shape index (κ3) is 1.94. The fourth-order valence-electron chi connectivity index (χ4n) is 0.781. The lowest BCUT2D eigenvalue weighted by atomic mass is 10.2. The molecule has 1 saturated heterocycles. The minimum absolute atomic E-state index is 0.953. The van der Waals surface area contributed by atoms with Gasteiger partial charge in [0, 0.05) is 0 Å². The second-order valence-corrected chi connectivity index (χ2v) is 2.58. The SMILES string of the molecule is CC1OC(=O)C(C(O)(O)O)OC1=O. The van der Waals surface area contributed by atoms with E-state index in [-0.39, 0.29) is 0 Å². The van der Waals surface area contributed by atoms with Crippen LogP contribution in [0.3, 0.4) is 0 Å². The number of carbonyl (C=O) groups excluding carboxylic acids is 2. The average molecular weight is 192 g/mol. The molecule has 0 amide bonds. The molecule has 1 fully saturated rings. The van der Waals surface area contributed by atoms with Crippen LogP contribution in [0.2, 0.25) is 0 Å². The fraction of sp³-hybridized carbons (Fsp3) is 0.667. The molecule has 7 heteroatoms. The Morgan fingerprint density at radius 1 is 1.15 bits per heavy atom. The summed E-state index contributed by atoms with van der Waals surface area (Å²) < 4.78 is 8.56. The van der Waals surface area contributed by atoms with Gasteiger partial charge in [-0.2, -0.15) is 0 Å². The zero-order chi connectivity index (χ0) is 10.2. The van der Waals surface area contributed by atoms with Crippen molar-refractivity contribution in [1.29, 1.82) is 0 Å². The molecule has 1 aliphatic rings. The van der Waals surface area contributed by atoms with E-state index in [0.29, 0.717) is 0 Å². The molecule has 74 valence electrons. The molecule has 2 atom stereocenters. The van der Waals surface area contributed by atoms with Crippen molar-refractivity contribution in [3.63, 3.8) is 0 Å². The molecule has 3 N–H and O–H groups in total. The lowest BCUT2D eigenvalue weighted by Gasteiger charge is -2.29. The van der Waals surface area contributed by atoms with E-state index in [9.17, 15) is 9.59 Å². The van der Waals surface area contributed by atoms with Crippen molar-refractivity contribution in [3.8, 4) is 0 Å². The molecule has 0 aromatic heterocycles. The summed E-state index contributed by atoms with van der Waals surface area (Å²) in [6, 6.07) is 0. The topological polar surface area (TPSA) is 113 Å². The summed E-state index contributed by atoms with van der Waals surface area (Å²) in [5.74, 6) is -5.57. The van der Waals surface area contributed by atoms with Crippen molar-refractivity contribution in [2.24, 2.45) is 0 Å². The number of rotatable bonds is 1. The van der Waals surface area contributed by atoms with Gasteiger partial charge in [-0.3, -0.25) is 0 Å². The Morgan fingerprint density at radius 3 is 2.15 bits per heavy atom. The van der Waals surface area contributed by atoms with Crippen molar-refractivity contribution >= 4 is 11.9 Å². The van der Waals surface area contributed by atoms with E-state index in [1.54, 1.807) is 0 Å². The number of cyclic esters (lactones) is 2. The van der Waals surface area contributed by atoms with E-state index in [0.717, 1.165) is 0 Å². The number of hydrogen-bond donors (Lipinski definition) is 3. The van der Waals surface area contributed by atoms with Crippen molar-refractivity contribution in [3.05, 3.63) is 0 Å². The highest BCUT2D eigenvalue weighted by atomic mass is 16.7. The summed E-state index contributed by atoms with van der Waals surface area (Å²) in [4.78, 5) is 21.6. The molecule has 7 nitrogen and oxygen atoms in total. The van der Waals surface area contributed by atoms with Crippen LogP contribution in [-0.2, 0) is 19.1 Å². The van der Waals surface area contributed by atoms with E-state index < -0.39 is 30.1 Å². The van der Waals surface area contributed by atoms with Crippen molar-refractivity contribution in [2.75, 3.05) is 0 Å². The monoisotopic (exact) mass is 192 g/mol. The first-order chi connectivity index (χ1) is 5.82. The van der Waals surface area contributed by atoms with E-state index in [1.807, 2.05) is 0 Å². The van der Waals surface area contributed by atoms with E-state index in [2.05, 4.69) is 9.47 Å². The summed E-state index contributed by atoms with van der Waals surface area (Å²) in [6.45, 7) is 1.25. The van der Waals surface area contributed by atoms with Gasteiger partial charge in [0.15, 0.2) is 6.10 Å². The van der Waals surface area contributed by atoms with Crippen LogP contribution in [0.4, 0.5) is 0 Å². The second kappa shape index (κ2) is 2.95. The van der Waals surface area contributed by atoms with Gasteiger partial charge in [-0.25, -0.2) is 9.59 Å². The van der Waals surface area contributed by atoms with Gasteiger partial charge >= 0.3 is 17.9 Å². The average Bonchev–Trinajstić information content (AvgIpc) is 1.94. The molecule has 0 bridgehead atoms. The van der Waals surface area contributed by atoms with Crippen molar-refractivity contribution in [2.45, 2.75) is 25.1 Å². The minimum atomic E-state index is -3.41. The summed E-state index contributed by atoms with van der Waals surface area (Å²) in [7, 11) is 0. The molecule has 1 aliphatic heterocycles. The van der Waals surface area contributed by atoms with Gasteiger partial charge in [0.05, 0.1) is 0 Å². The standard InChI is InChI=1S/C6H8O7/c1-2-4(7)13-3(5(8)12-2)6(9,10)11/h2-3,9-11H,1H3. The number of hydrogen-bond acceptors (Lipinski definition) is 7. The van der Waals surface area contributed by atoms with Crippen LogP contribution in [0, 0.1) is 0 Å². The molecule has 1 rings (SSSR count). The van der Waals surface area contributed by atoms with Gasteiger partial charge in [-0.05, 0) is 6.92 Å². The normalized spacial score (nSPS) is 29.5. The van der Waals surface area contributed by atoms with Crippen LogP contribution in [0.1, 0.15) is 6.92 Å². The van der Waals surface area contributed by atoms with Crippen molar-refractivity contribution < 1.29 is 34.4 Å². The van der Waals surface area contributed by atoms with Crippen LogP contribution < -0.4 is 0 Å². The molecular formula is C6H8O7. The van der Waals surface area contributed by atoms with Crippen molar-refractivity contribution in [1.82, 2.24) is 0 Å². The summed E-state index contributed by atoms with van der Waals surface area (Å²) in [6.07, 6.45) is -3.22. The van der Waals surface area contributed by atoms with Gasteiger partial charge in [-0.15, -0.1) is 0 Å². The maximum absolute atomic E-state index is 10.8. The molecule has 0 aliphatic carbocycles. The van der Waals surface area contributed by atoms with Gasteiger partial charge in [0.1, 0.15) is 0 Å². The number of carbonyl (C=O) groups is 2. The van der Waals surface area contributed by atoms with Crippen LogP contribution in [0.15, 0.2) is 0 Å². The van der Waals surface area contributed by atoms with E-state index >= 15 is 0 Å². The molecule has 1 heterocycles. The Labute approximate surface area is 72.5 Å². The summed E-state index contributed by atoms with van der Waals surface area (Å²) in [5, 5.41) is 25.6. The van der Waals surface area contributed by atoms with Crippen LogP contribution in [0.5, 0.6) is 0 Å². The zero-order valence-corrected chi connectivity index (χ0v) is 6.63. The van der Waals surface area contributed by atoms with Gasteiger partial charge in [0.25, 0.3) is 6.10 Å². The Hall–Kier alpha value is -1.18. The van der Waals surface area contributed by atoms with Gasteiger partial charge in [-0.1, -0.05) is 0 Å². The minimum Gasteiger partial charge on any atom is -0.448 e. The third-order valence-corrected chi connectivity index (χ3v) is 1.42. The highest BCUT2D eigenvalue weighted by Crippen LogP contribution is 2.16. The van der Waals surface area contributed by atoms with E-state index in [1.165, 1.54) is 6.92 Å². The first-order valence-electron chi connectivity index (χ1n) is 3.40. The molecular weight excluding hydrogens is 184 g/mol. The predicted octanol–water partition coefficient (Wildman–Crippen LogP) is -2.53. The molecule has 2 unspecified atom stereocenters. The Balaban J connectivity index is 2.79. The molecule has 0 saturated carbocycles.